The van der Waals surface area contributed by atoms with Gasteiger partial charge in [-0.1, -0.05) is 12.1 Å². The van der Waals surface area contributed by atoms with Gasteiger partial charge >= 0.3 is 0 Å². The van der Waals surface area contributed by atoms with E-state index in [1.807, 2.05) is 48.9 Å². The van der Waals surface area contributed by atoms with Crippen molar-refractivity contribution in [2.45, 2.75) is 32.9 Å². The Hall–Kier alpha value is -1.81. The van der Waals surface area contributed by atoms with Gasteiger partial charge in [-0.15, -0.1) is 0 Å². The van der Waals surface area contributed by atoms with Gasteiger partial charge in [-0.05, 0) is 37.6 Å². The molecule has 0 radical (unpaired) electrons. The van der Waals surface area contributed by atoms with Gasteiger partial charge in [0, 0.05) is 12.1 Å². The molecule has 2 rings (SSSR count). The summed E-state index contributed by atoms with van der Waals surface area (Å²) in [5.74, 6) is 0.830. The van der Waals surface area contributed by atoms with Crippen LogP contribution in [0.2, 0.25) is 0 Å². The van der Waals surface area contributed by atoms with Crippen LogP contribution >= 0.6 is 0 Å². The maximum atomic E-state index is 10.1. The first kappa shape index (κ1) is 13.6. The van der Waals surface area contributed by atoms with Gasteiger partial charge in [-0.3, -0.25) is 4.68 Å². The average molecular weight is 260 g/mol. The lowest BCUT2D eigenvalue weighted by Gasteiger charge is -2.12. The van der Waals surface area contributed by atoms with E-state index >= 15 is 0 Å². The molecule has 0 amide bonds. The zero-order chi connectivity index (χ0) is 13.8. The molecule has 0 saturated carbocycles. The number of aryl methyl sites for hydroxylation is 2. The second kappa shape index (κ2) is 5.89. The molecule has 1 heterocycles. The number of nitrogens with zero attached hydrogens (tertiary/aromatic N) is 2. The standard InChI is InChI=1S/C15H20N2O2/c1-11-8-12(2)17(16-11)10-14(18)9-13-4-6-15(19-3)7-5-13/h4-8,14,18H,9-10H2,1-3H3/t14-/m1/s1. The number of rotatable bonds is 5. The van der Waals surface area contributed by atoms with Crippen LogP contribution < -0.4 is 4.74 Å². The highest BCUT2D eigenvalue weighted by atomic mass is 16.5. The second-order valence-electron chi connectivity index (χ2n) is 4.82. The van der Waals surface area contributed by atoms with E-state index < -0.39 is 6.10 Å². The van der Waals surface area contributed by atoms with Crippen molar-refractivity contribution in [1.82, 2.24) is 9.78 Å². The smallest absolute Gasteiger partial charge is 0.118 e. The monoisotopic (exact) mass is 260 g/mol. The van der Waals surface area contributed by atoms with Crippen LogP contribution in [0.1, 0.15) is 17.0 Å². The minimum Gasteiger partial charge on any atom is -0.497 e. The Kier molecular flexibility index (Phi) is 4.22. The quantitative estimate of drug-likeness (QED) is 0.895. The number of benzene rings is 1. The molecular weight excluding hydrogens is 240 g/mol. The molecule has 1 aromatic carbocycles. The van der Waals surface area contributed by atoms with E-state index in [-0.39, 0.29) is 0 Å². The molecule has 0 aliphatic rings. The predicted molar refractivity (Wildman–Crippen MR) is 74.4 cm³/mol. The molecule has 0 saturated heterocycles. The Morgan fingerprint density at radius 1 is 1.26 bits per heavy atom. The highest BCUT2D eigenvalue weighted by molar-refractivity contribution is 5.27. The van der Waals surface area contributed by atoms with E-state index in [4.69, 9.17) is 4.74 Å². The van der Waals surface area contributed by atoms with Crippen LogP contribution in [-0.4, -0.2) is 28.1 Å². The fourth-order valence-corrected chi connectivity index (χ4v) is 2.16. The number of aliphatic hydroxyl groups excluding tert-OH is 1. The zero-order valence-electron chi connectivity index (χ0n) is 11.6. The van der Waals surface area contributed by atoms with E-state index in [0.29, 0.717) is 13.0 Å². The lowest BCUT2D eigenvalue weighted by molar-refractivity contribution is 0.148. The van der Waals surface area contributed by atoms with Crippen LogP contribution in [0, 0.1) is 13.8 Å². The van der Waals surface area contributed by atoms with E-state index in [1.165, 1.54) is 0 Å². The van der Waals surface area contributed by atoms with E-state index in [0.717, 1.165) is 22.7 Å². The summed E-state index contributed by atoms with van der Waals surface area (Å²) in [6, 6.07) is 9.78. The number of hydrogen-bond acceptors (Lipinski definition) is 3. The van der Waals surface area contributed by atoms with Crippen molar-refractivity contribution in [3.63, 3.8) is 0 Å². The topological polar surface area (TPSA) is 47.3 Å². The first-order chi connectivity index (χ1) is 9.08. The highest BCUT2D eigenvalue weighted by Crippen LogP contribution is 2.13. The van der Waals surface area contributed by atoms with Gasteiger partial charge in [0.1, 0.15) is 5.75 Å². The largest absolute Gasteiger partial charge is 0.497 e. The minimum absolute atomic E-state index is 0.439. The third kappa shape index (κ3) is 3.58. The van der Waals surface area contributed by atoms with Crippen molar-refractivity contribution < 1.29 is 9.84 Å². The van der Waals surface area contributed by atoms with Crippen LogP contribution in [0.15, 0.2) is 30.3 Å². The van der Waals surface area contributed by atoms with Crippen molar-refractivity contribution in [2.75, 3.05) is 7.11 Å². The van der Waals surface area contributed by atoms with Crippen LogP contribution in [0.4, 0.5) is 0 Å². The number of methoxy groups -OCH3 is 1. The molecule has 1 aromatic heterocycles. The molecule has 4 nitrogen and oxygen atoms in total. The summed E-state index contributed by atoms with van der Waals surface area (Å²) < 4.78 is 6.96. The maximum absolute atomic E-state index is 10.1. The molecule has 0 spiro atoms. The third-order valence-corrected chi connectivity index (χ3v) is 3.12. The Bertz CT molecular complexity index is 532. The Morgan fingerprint density at radius 2 is 1.95 bits per heavy atom. The van der Waals surface area contributed by atoms with Gasteiger partial charge in [0.25, 0.3) is 0 Å². The van der Waals surface area contributed by atoms with Crippen molar-refractivity contribution >= 4 is 0 Å². The fourth-order valence-electron chi connectivity index (χ4n) is 2.16. The Morgan fingerprint density at radius 3 is 2.47 bits per heavy atom. The zero-order valence-corrected chi connectivity index (χ0v) is 11.6. The number of aromatic nitrogens is 2. The molecular formula is C15H20N2O2. The predicted octanol–water partition coefficient (Wildman–Crippen LogP) is 2.11. The Balaban J connectivity index is 1.96. The van der Waals surface area contributed by atoms with Gasteiger partial charge in [-0.2, -0.15) is 5.10 Å². The van der Waals surface area contributed by atoms with Crippen LogP contribution in [0.5, 0.6) is 5.75 Å². The SMILES string of the molecule is COc1ccc(C[C@@H](O)Cn2nc(C)cc2C)cc1. The summed E-state index contributed by atoms with van der Waals surface area (Å²) in [5, 5.41) is 14.5. The van der Waals surface area contributed by atoms with Gasteiger partial charge in [0.15, 0.2) is 0 Å². The molecule has 102 valence electrons. The molecule has 1 atom stereocenters. The minimum atomic E-state index is -0.439. The molecule has 0 unspecified atom stereocenters. The highest BCUT2D eigenvalue weighted by Gasteiger charge is 2.09. The summed E-state index contributed by atoms with van der Waals surface area (Å²) in [6.45, 7) is 4.48. The maximum Gasteiger partial charge on any atom is 0.118 e. The number of hydrogen-bond donors (Lipinski definition) is 1. The van der Waals surface area contributed by atoms with Gasteiger partial charge in [-0.25, -0.2) is 0 Å². The second-order valence-corrected chi connectivity index (χ2v) is 4.82. The van der Waals surface area contributed by atoms with Crippen LogP contribution in [0.25, 0.3) is 0 Å². The van der Waals surface area contributed by atoms with Crippen molar-refractivity contribution in [3.8, 4) is 5.75 Å². The summed E-state index contributed by atoms with van der Waals surface area (Å²) in [4.78, 5) is 0. The summed E-state index contributed by atoms with van der Waals surface area (Å²) in [6.07, 6.45) is 0.175. The van der Waals surface area contributed by atoms with E-state index in [1.54, 1.807) is 7.11 Å². The average Bonchev–Trinajstić information content (AvgIpc) is 2.68. The Labute approximate surface area is 113 Å². The van der Waals surface area contributed by atoms with Crippen molar-refractivity contribution in [1.29, 1.82) is 0 Å². The third-order valence-electron chi connectivity index (χ3n) is 3.12. The molecule has 19 heavy (non-hydrogen) atoms. The first-order valence-corrected chi connectivity index (χ1v) is 6.40. The summed E-state index contributed by atoms with van der Waals surface area (Å²) in [7, 11) is 1.65. The van der Waals surface area contributed by atoms with Crippen molar-refractivity contribution in [3.05, 3.63) is 47.3 Å². The van der Waals surface area contributed by atoms with Gasteiger partial charge in [0.2, 0.25) is 0 Å². The normalized spacial score (nSPS) is 12.4. The molecule has 0 fully saturated rings. The van der Waals surface area contributed by atoms with Crippen molar-refractivity contribution in [2.24, 2.45) is 0 Å². The fraction of sp³-hybridized carbons (Fsp3) is 0.400. The number of aliphatic hydroxyl groups is 1. The lowest BCUT2D eigenvalue weighted by Crippen LogP contribution is -2.20. The van der Waals surface area contributed by atoms with E-state index in [2.05, 4.69) is 5.10 Å². The van der Waals surface area contributed by atoms with Gasteiger partial charge in [0.05, 0.1) is 25.5 Å². The lowest BCUT2D eigenvalue weighted by atomic mass is 10.1. The molecule has 1 N–H and O–H groups in total. The van der Waals surface area contributed by atoms with Gasteiger partial charge < -0.3 is 9.84 Å². The number of ether oxygens (including phenoxy) is 1. The van der Waals surface area contributed by atoms with Crippen LogP contribution in [0.3, 0.4) is 0 Å². The molecule has 2 aromatic rings. The molecule has 0 bridgehead atoms. The molecule has 0 aliphatic carbocycles. The molecule has 4 heteroatoms. The summed E-state index contributed by atoms with van der Waals surface area (Å²) >= 11 is 0. The molecule has 0 aliphatic heterocycles. The van der Waals surface area contributed by atoms with Crippen LogP contribution in [-0.2, 0) is 13.0 Å². The summed E-state index contributed by atoms with van der Waals surface area (Å²) in [5.41, 5.74) is 3.15. The first-order valence-electron chi connectivity index (χ1n) is 6.40. The van der Waals surface area contributed by atoms with E-state index in [9.17, 15) is 5.11 Å².